The maximum atomic E-state index is 11.1. The predicted octanol–water partition coefficient (Wildman–Crippen LogP) is 24.7. The number of ether oxygens (including phenoxy) is 1. The number of aliphatic hydroxyl groups excluding tert-OH is 1. The summed E-state index contributed by atoms with van der Waals surface area (Å²) in [4.78, 5) is 14.3. The molecule has 0 spiro atoms. The van der Waals surface area contributed by atoms with Crippen molar-refractivity contribution >= 4 is 0 Å². The third-order valence-electron chi connectivity index (χ3n) is 1.27. The summed E-state index contributed by atoms with van der Waals surface area (Å²) < 4.78 is 341. The Morgan fingerprint density at radius 3 is 0.580 bits per heavy atom. The van der Waals surface area contributed by atoms with E-state index in [-0.39, 0.29) is 165 Å². The molecule has 0 bridgehead atoms. The number of hydrogen-bond acceptors (Lipinski definition) is 8. The molecule has 1 unspecified atom stereocenters. The molecule has 0 saturated heterocycles. The minimum Gasteiger partial charge on any atom is -0.387 e. The molecule has 0 aromatic heterocycles. The first-order valence-electron chi connectivity index (χ1n) is 13.3. The maximum absolute atomic E-state index is 11.1. The van der Waals surface area contributed by atoms with Gasteiger partial charge in [0.05, 0.1) is 20.5 Å². The van der Waals surface area contributed by atoms with Gasteiger partial charge in [-0.15, -0.1) is 9.88 Å². The van der Waals surface area contributed by atoms with Gasteiger partial charge >= 0.3 is 31.2 Å². The van der Waals surface area contributed by atoms with Crippen LogP contribution in [0.15, 0.2) is 0 Å². The van der Waals surface area contributed by atoms with E-state index in [0.29, 0.717) is 7.18 Å². The molecule has 0 aliphatic rings. The molecule has 0 heterocycles. The van der Waals surface area contributed by atoms with E-state index in [1.165, 1.54) is 6.92 Å². The van der Waals surface area contributed by atoms with Gasteiger partial charge in [0.2, 0.25) is 41.4 Å². The first-order chi connectivity index (χ1) is 29.4. The topological polar surface area (TPSA) is 84.8 Å². The summed E-state index contributed by atoms with van der Waals surface area (Å²) in [5.41, 5.74) is 0. The van der Waals surface area contributed by atoms with Crippen molar-refractivity contribution in [2.24, 2.45) is 0 Å². The van der Waals surface area contributed by atoms with Crippen LogP contribution in [0.25, 0.3) is 0 Å². The molecule has 545 valence electrons. The van der Waals surface area contributed by atoms with Gasteiger partial charge in [0.1, 0.15) is 6.61 Å². The quantitative estimate of drug-likeness (QED) is 0.139. The molecule has 0 aromatic rings. The van der Waals surface area contributed by atoms with E-state index in [0.717, 1.165) is 0 Å². The Hall–Kier alpha value is -1.53. The summed E-state index contributed by atoms with van der Waals surface area (Å²) in [6.07, 6.45) is -17.8. The Balaban J connectivity index is -0.0000000106. The van der Waals surface area contributed by atoms with Crippen molar-refractivity contribution in [1.82, 2.24) is 0 Å². The molecule has 8 nitrogen and oxygen atoms in total. The van der Waals surface area contributed by atoms with E-state index >= 15 is 0 Å². The molecule has 0 aromatic carbocycles. The molecule has 1 N–H and O–H groups in total. The minimum absolute atomic E-state index is 0. The van der Waals surface area contributed by atoms with E-state index in [1.807, 2.05) is 4.94 Å². The largest absolute Gasteiger partial charge is 0.416 e. The number of alkyl halides is 27. The van der Waals surface area contributed by atoms with Crippen LogP contribution < -0.4 is 0 Å². The van der Waals surface area contributed by atoms with Gasteiger partial charge in [0, 0.05) is 32.7 Å². The second-order valence-electron chi connectivity index (χ2n) is 5.38. The van der Waals surface area contributed by atoms with Gasteiger partial charge in [-0.1, -0.05) is 119 Å². The third-order valence-corrected chi connectivity index (χ3v) is 1.27. The van der Waals surface area contributed by atoms with Crippen molar-refractivity contribution < 1.29 is 218 Å². The number of rotatable bonds is 9. The Morgan fingerprint density at radius 1 is 0.395 bits per heavy atom. The van der Waals surface area contributed by atoms with Crippen LogP contribution in [0.4, 0.5) is 146 Å². The molecular weight excluding hydrogens is 1310 g/mol. The number of hydrogen-bond donors (Lipinski definition) is 1. The molecule has 42 heteroatoms. The summed E-state index contributed by atoms with van der Waals surface area (Å²) in [5, 5.41) is 7.28. The Morgan fingerprint density at radius 2 is 0.568 bits per heavy atom. The van der Waals surface area contributed by atoms with Gasteiger partial charge in [0.15, 0.2) is 26.8 Å². The fourth-order valence-electron chi connectivity index (χ4n) is 0.158. The average Bonchev–Trinajstić information content (AvgIpc) is 3.24. The molecule has 0 rings (SSSR count). The van der Waals surface area contributed by atoms with Crippen molar-refractivity contribution in [3.63, 3.8) is 0 Å². The number of aliphatic hydroxyl groups is 1. The molecule has 0 saturated carbocycles. The normalized spacial score (nSPS) is 7.44. The molecule has 0 amide bonds. The fourth-order valence-corrected chi connectivity index (χ4v) is 0.158. The summed E-state index contributed by atoms with van der Waals surface area (Å²) in [6, 6.07) is 0. The number of halogens is 33. The zero-order valence-electron chi connectivity index (χ0n) is 32.8. The molecular formula is C39H106F33O8Y-. The predicted molar refractivity (Wildman–Crippen MR) is 260 cm³/mol. The third kappa shape index (κ3) is 909. The van der Waals surface area contributed by atoms with Crippen molar-refractivity contribution in [3.05, 3.63) is 6.92 Å². The van der Waals surface area contributed by atoms with Crippen LogP contribution in [0, 0.1) is 6.92 Å². The first-order valence-corrected chi connectivity index (χ1v) is 13.3. The van der Waals surface area contributed by atoms with Gasteiger partial charge in [-0.3, -0.25) is 13.5 Å². The second kappa shape index (κ2) is 228. The molecule has 0 fully saturated rings. The summed E-state index contributed by atoms with van der Waals surface area (Å²) in [6.45, 7) is -13.7. The van der Waals surface area contributed by atoms with Crippen LogP contribution in [-0.4, -0.2) is 132 Å². The van der Waals surface area contributed by atoms with Crippen LogP contribution in [-0.2, 0) is 67.1 Å². The van der Waals surface area contributed by atoms with Crippen LogP contribution in [0.5, 0.6) is 0 Å². The van der Waals surface area contributed by atoms with Crippen molar-refractivity contribution in [2.75, 3.05) is 95.3 Å². The standard InChI is InChI=1S/2C2H2F4O.C2H2F4.C2H3F3O2.C2H3F3O.C2H5FO.C2H5F.C2H5.2CH2F2O.4CH2F2.CH3F.16CH4.Y/c3-2(4,5)1-7-6;3-1-2(4,5)7-6;3-1-2(4,5)6;3-1-6-2(4)7-5;3-2(4,5)1-6;1-2-4-3;1-2-3;1-2;2*2-1-4-3;4*2-1-3;1-2;;;;;;;;;;;;;;;;;/h2*1H2;1H2;2H,1H2;6H,1H2;2H2,1H3;2H2,1H3;1H2,2H3;2*1H2;4*1H2;1H3;16*1H4;/q;;;;;;;-1;;;;;;;;;;;;;;;;;;;;;;;;. The SMILES string of the molecule is C.C.C.C.C.C.C.C.C.C.C.C.C.C.C.C.CCF.CCOF.CF.FCC(F)(F)F.FCC(F)(F)OF.FCF.FCF.FCF.FCF.FCOC(F)OF.FCOF.FCOF.FOCC(F)(F)F.OCC(F)(F)F.[CH2-]C.[Y]. The minimum atomic E-state index is -4.62. The van der Waals surface area contributed by atoms with Gasteiger partial charge in [-0.05, 0) is 41.0 Å². The Kier molecular flexibility index (Phi) is 611. The van der Waals surface area contributed by atoms with E-state index in [1.54, 1.807) is 13.8 Å². The van der Waals surface area contributed by atoms with Crippen molar-refractivity contribution in [2.45, 2.75) is 171 Å². The molecule has 0 aliphatic heterocycles. The monoisotopic (exact) mass is 1420 g/mol. The van der Waals surface area contributed by atoms with Crippen molar-refractivity contribution in [3.8, 4) is 0 Å². The van der Waals surface area contributed by atoms with E-state index < -0.39 is 106 Å². The zero-order valence-corrected chi connectivity index (χ0v) is 35.7. The summed E-state index contributed by atoms with van der Waals surface area (Å²) >= 11 is 0. The Labute approximate surface area is 490 Å². The van der Waals surface area contributed by atoms with Crippen molar-refractivity contribution in [1.29, 1.82) is 0 Å². The zero-order chi connectivity index (χ0) is 55.7. The van der Waals surface area contributed by atoms with Gasteiger partial charge in [0.25, 0.3) is 0 Å². The molecule has 1 atom stereocenters. The van der Waals surface area contributed by atoms with E-state index in [4.69, 9.17) is 5.11 Å². The maximum Gasteiger partial charge on any atom is 0.416 e. The second-order valence-corrected chi connectivity index (χ2v) is 5.38. The van der Waals surface area contributed by atoms with E-state index in [2.05, 4.69) is 36.4 Å². The van der Waals surface area contributed by atoms with Gasteiger partial charge in [-0.2, -0.15) is 79.4 Å². The smallest absolute Gasteiger partial charge is 0.387 e. The van der Waals surface area contributed by atoms with Crippen LogP contribution in [0.3, 0.4) is 0 Å². The van der Waals surface area contributed by atoms with Gasteiger partial charge in [-0.25, -0.2) is 57.1 Å². The summed E-state index contributed by atoms with van der Waals surface area (Å²) in [5.74, 6) is 0. The van der Waals surface area contributed by atoms with Crippen LogP contribution in [0.1, 0.15) is 140 Å². The molecule has 1 radical (unpaired) electrons. The molecule has 81 heavy (non-hydrogen) atoms. The van der Waals surface area contributed by atoms with Crippen LogP contribution >= 0.6 is 0 Å². The fraction of sp³-hybridized carbons (Fsp3) is 0.974. The van der Waals surface area contributed by atoms with E-state index in [9.17, 15) is 146 Å². The average molecular weight is 1420 g/mol. The van der Waals surface area contributed by atoms with Crippen LogP contribution in [0.2, 0.25) is 0 Å². The molecule has 0 aliphatic carbocycles. The first kappa shape index (κ1) is 217. The summed E-state index contributed by atoms with van der Waals surface area (Å²) in [7, 11) is 0.500. The Bertz CT molecular complexity index is 559. The van der Waals surface area contributed by atoms with Gasteiger partial charge < -0.3 is 12.0 Å².